The molecule has 0 spiro atoms. The van der Waals surface area contributed by atoms with Gasteiger partial charge in [0.25, 0.3) is 0 Å². The van der Waals surface area contributed by atoms with E-state index in [2.05, 4.69) is 5.32 Å². The van der Waals surface area contributed by atoms with Crippen molar-refractivity contribution in [2.24, 2.45) is 5.92 Å². The average molecular weight is 336 g/mol. The second-order valence-corrected chi connectivity index (χ2v) is 8.37. The van der Waals surface area contributed by atoms with Gasteiger partial charge in [-0.25, -0.2) is 8.42 Å². The zero-order chi connectivity index (χ0) is 16.4. The van der Waals surface area contributed by atoms with Gasteiger partial charge in [0.1, 0.15) is 0 Å². The van der Waals surface area contributed by atoms with E-state index in [1.54, 1.807) is 13.1 Å². The first-order chi connectivity index (χ1) is 11.0. The quantitative estimate of drug-likeness (QED) is 0.914. The fourth-order valence-corrected chi connectivity index (χ4v) is 5.10. The van der Waals surface area contributed by atoms with Gasteiger partial charge in [-0.15, -0.1) is 0 Å². The van der Waals surface area contributed by atoms with Crippen molar-refractivity contribution in [3.63, 3.8) is 0 Å². The molecule has 0 radical (unpaired) electrons. The van der Waals surface area contributed by atoms with Gasteiger partial charge >= 0.3 is 0 Å². The zero-order valence-electron chi connectivity index (χ0n) is 13.5. The van der Waals surface area contributed by atoms with Gasteiger partial charge in [-0.05, 0) is 61.8 Å². The van der Waals surface area contributed by atoms with Gasteiger partial charge in [0.15, 0.2) is 0 Å². The monoisotopic (exact) mass is 336 g/mol. The Hall–Kier alpha value is -1.40. The van der Waals surface area contributed by atoms with Gasteiger partial charge in [-0.2, -0.15) is 4.31 Å². The molecule has 0 unspecified atom stereocenters. The minimum absolute atomic E-state index is 0.0100. The van der Waals surface area contributed by atoms with Crippen molar-refractivity contribution in [1.29, 1.82) is 0 Å². The summed E-state index contributed by atoms with van der Waals surface area (Å²) in [5, 5.41) is 2.65. The van der Waals surface area contributed by atoms with Crippen molar-refractivity contribution in [2.75, 3.05) is 20.1 Å². The number of benzene rings is 1. The van der Waals surface area contributed by atoms with Crippen molar-refractivity contribution in [1.82, 2.24) is 9.62 Å². The normalized spacial score (nSPS) is 20.0. The Balaban J connectivity index is 1.76. The van der Waals surface area contributed by atoms with Crippen LogP contribution in [-0.4, -0.2) is 38.8 Å². The Morgan fingerprint density at radius 3 is 2.43 bits per heavy atom. The molecule has 1 aromatic carbocycles. The topological polar surface area (TPSA) is 66.5 Å². The highest BCUT2D eigenvalue weighted by Gasteiger charge is 2.32. The van der Waals surface area contributed by atoms with E-state index in [1.165, 1.54) is 21.9 Å². The summed E-state index contributed by atoms with van der Waals surface area (Å²) in [6.07, 6.45) is 5.51. The van der Waals surface area contributed by atoms with Crippen LogP contribution in [0.25, 0.3) is 0 Å². The number of nitrogens with one attached hydrogen (secondary N) is 1. The van der Waals surface area contributed by atoms with Crippen LogP contribution < -0.4 is 5.32 Å². The van der Waals surface area contributed by atoms with E-state index in [9.17, 15) is 13.2 Å². The number of rotatable bonds is 3. The molecule has 1 aromatic rings. The summed E-state index contributed by atoms with van der Waals surface area (Å²) in [5.41, 5.74) is 2.46. The molecule has 1 heterocycles. The summed E-state index contributed by atoms with van der Waals surface area (Å²) in [6, 6.07) is 5.57. The molecule has 5 nitrogen and oxygen atoms in total. The number of carbonyl (C=O) groups is 1. The predicted octanol–water partition coefficient (Wildman–Crippen LogP) is 1.71. The highest BCUT2D eigenvalue weighted by molar-refractivity contribution is 7.89. The minimum Gasteiger partial charge on any atom is -0.359 e. The van der Waals surface area contributed by atoms with Crippen LogP contribution in [-0.2, 0) is 27.7 Å². The third-order valence-corrected chi connectivity index (χ3v) is 6.92. The molecule has 23 heavy (non-hydrogen) atoms. The number of piperidine rings is 1. The first-order valence-corrected chi connectivity index (χ1v) is 9.80. The van der Waals surface area contributed by atoms with E-state index >= 15 is 0 Å². The molecule has 0 atom stereocenters. The highest BCUT2D eigenvalue weighted by Crippen LogP contribution is 2.28. The lowest BCUT2D eigenvalue weighted by molar-refractivity contribution is -0.125. The van der Waals surface area contributed by atoms with Crippen molar-refractivity contribution in [3.8, 4) is 0 Å². The van der Waals surface area contributed by atoms with Crippen LogP contribution >= 0.6 is 0 Å². The Morgan fingerprint density at radius 2 is 1.78 bits per heavy atom. The molecule has 6 heteroatoms. The van der Waals surface area contributed by atoms with Crippen molar-refractivity contribution >= 4 is 15.9 Å². The molecule has 0 aromatic heterocycles. The van der Waals surface area contributed by atoms with Crippen LogP contribution in [0.1, 0.15) is 36.8 Å². The molecule has 1 aliphatic carbocycles. The Morgan fingerprint density at radius 1 is 1.13 bits per heavy atom. The summed E-state index contributed by atoms with van der Waals surface area (Å²) >= 11 is 0. The Kier molecular flexibility index (Phi) is 4.73. The van der Waals surface area contributed by atoms with Crippen LogP contribution in [0, 0.1) is 5.92 Å². The Labute approximate surface area is 138 Å². The number of hydrogen-bond donors (Lipinski definition) is 1. The summed E-state index contributed by atoms with van der Waals surface area (Å²) in [5.74, 6) is -0.0641. The molecule has 1 N–H and O–H groups in total. The third-order valence-electron chi connectivity index (χ3n) is 5.03. The van der Waals surface area contributed by atoms with Gasteiger partial charge in [-0.3, -0.25) is 4.79 Å². The van der Waals surface area contributed by atoms with Crippen molar-refractivity contribution in [3.05, 3.63) is 29.3 Å². The van der Waals surface area contributed by atoms with E-state index in [4.69, 9.17) is 0 Å². The maximum Gasteiger partial charge on any atom is 0.243 e. The van der Waals surface area contributed by atoms with E-state index < -0.39 is 10.0 Å². The summed E-state index contributed by atoms with van der Waals surface area (Å²) in [7, 11) is -1.83. The average Bonchev–Trinajstić information content (AvgIpc) is 2.60. The summed E-state index contributed by atoms with van der Waals surface area (Å²) < 4.78 is 27.2. The fraction of sp³-hybridized carbons (Fsp3) is 0.588. The molecule has 1 fully saturated rings. The minimum atomic E-state index is -3.45. The third kappa shape index (κ3) is 3.28. The number of sulfonamides is 1. The Bertz CT molecular complexity index is 692. The van der Waals surface area contributed by atoms with Crippen LogP contribution in [0.15, 0.2) is 23.1 Å². The van der Waals surface area contributed by atoms with E-state index in [-0.39, 0.29) is 11.8 Å². The smallest absolute Gasteiger partial charge is 0.243 e. The number of aryl methyl sites for hydroxylation is 2. The largest absolute Gasteiger partial charge is 0.359 e. The van der Waals surface area contributed by atoms with Crippen LogP contribution in [0.5, 0.6) is 0 Å². The lowest BCUT2D eigenvalue weighted by Crippen LogP contribution is -2.42. The molecule has 1 amide bonds. The van der Waals surface area contributed by atoms with Gasteiger partial charge in [0, 0.05) is 26.1 Å². The van der Waals surface area contributed by atoms with Gasteiger partial charge in [0.2, 0.25) is 15.9 Å². The van der Waals surface area contributed by atoms with Crippen LogP contribution in [0.2, 0.25) is 0 Å². The molecular formula is C17H24N2O3S. The number of carbonyl (C=O) groups excluding carboxylic acids is 1. The van der Waals surface area contributed by atoms with Crippen molar-refractivity contribution < 1.29 is 13.2 Å². The number of nitrogens with zero attached hydrogens (tertiary/aromatic N) is 1. The maximum atomic E-state index is 12.8. The van der Waals surface area contributed by atoms with Crippen LogP contribution in [0.3, 0.4) is 0 Å². The second-order valence-electron chi connectivity index (χ2n) is 6.43. The molecule has 3 rings (SSSR count). The molecule has 1 saturated heterocycles. The SMILES string of the molecule is CNC(=O)C1CCN(S(=O)(=O)c2ccc3c(c2)CCCC3)CC1. The lowest BCUT2D eigenvalue weighted by Gasteiger charge is -2.30. The zero-order valence-corrected chi connectivity index (χ0v) is 14.4. The first-order valence-electron chi connectivity index (χ1n) is 8.36. The number of hydrogen-bond acceptors (Lipinski definition) is 3. The standard InChI is InChI=1S/C17H24N2O3S/c1-18-17(20)14-8-10-19(11-9-14)23(21,22)16-7-6-13-4-2-3-5-15(13)12-16/h6-7,12,14H,2-5,8-11H2,1H3,(H,18,20). The molecule has 126 valence electrons. The summed E-state index contributed by atoms with van der Waals surface area (Å²) in [6.45, 7) is 0.828. The molecule has 2 aliphatic rings. The molecule has 0 saturated carbocycles. The van der Waals surface area contributed by atoms with E-state index in [0.29, 0.717) is 30.8 Å². The molecule has 1 aliphatic heterocycles. The van der Waals surface area contributed by atoms with Gasteiger partial charge in [0.05, 0.1) is 4.90 Å². The number of amides is 1. The van der Waals surface area contributed by atoms with Gasteiger partial charge < -0.3 is 5.32 Å². The summed E-state index contributed by atoms with van der Waals surface area (Å²) in [4.78, 5) is 12.1. The first kappa shape index (κ1) is 16.5. The van der Waals surface area contributed by atoms with Crippen LogP contribution in [0.4, 0.5) is 0 Å². The van der Waals surface area contributed by atoms with E-state index in [1.807, 2.05) is 12.1 Å². The molecule has 0 bridgehead atoms. The van der Waals surface area contributed by atoms with E-state index in [0.717, 1.165) is 19.3 Å². The fourth-order valence-electron chi connectivity index (χ4n) is 3.58. The molecular weight excluding hydrogens is 312 g/mol. The lowest BCUT2D eigenvalue weighted by atomic mass is 9.92. The number of fused-ring (bicyclic) bond motifs is 1. The maximum absolute atomic E-state index is 12.8. The van der Waals surface area contributed by atoms with Gasteiger partial charge in [-0.1, -0.05) is 6.07 Å². The predicted molar refractivity (Wildman–Crippen MR) is 88.6 cm³/mol. The van der Waals surface area contributed by atoms with Crippen molar-refractivity contribution in [2.45, 2.75) is 43.4 Å². The second kappa shape index (κ2) is 6.61. The highest BCUT2D eigenvalue weighted by atomic mass is 32.2.